The summed E-state index contributed by atoms with van der Waals surface area (Å²) in [5, 5.41) is 10.8. The van der Waals surface area contributed by atoms with Gasteiger partial charge in [-0.1, -0.05) is 6.07 Å². The monoisotopic (exact) mass is 289 g/mol. The maximum absolute atomic E-state index is 13.1. The number of nitrogens with one attached hydrogen (secondary N) is 1. The van der Waals surface area contributed by atoms with Crippen LogP contribution in [0, 0.1) is 5.82 Å². The Balaban J connectivity index is 2.89. The molecule has 1 aromatic rings. The van der Waals surface area contributed by atoms with Gasteiger partial charge in [-0.05, 0) is 35.0 Å². The van der Waals surface area contributed by atoms with Gasteiger partial charge < -0.3 is 10.4 Å². The molecular formula is C10H9BrFNO3. The molecule has 0 aromatic heterocycles. The van der Waals surface area contributed by atoms with Gasteiger partial charge in [-0.15, -0.1) is 0 Å². The maximum Gasteiger partial charge on any atom is 0.325 e. The lowest BCUT2D eigenvalue weighted by Gasteiger charge is -2.10. The van der Waals surface area contributed by atoms with Crippen molar-refractivity contribution in [3.05, 3.63) is 34.1 Å². The SMILES string of the molecule is CC(NC(=O)c1cccc(F)c1Br)C(=O)O. The normalized spacial score (nSPS) is 11.9. The molecule has 0 aliphatic rings. The van der Waals surface area contributed by atoms with Crippen molar-refractivity contribution in [1.82, 2.24) is 5.32 Å². The Kier molecular flexibility index (Phi) is 4.00. The van der Waals surface area contributed by atoms with E-state index in [2.05, 4.69) is 21.2 Å². The fourth-order valence-electron chi connectivity index (χ4n) is 1.02. The molecule has 1 unspecified atom stereocenters. The van der Waals surface area contributed by atoms with E-state index in [9.17, 15) is 14.0 Å². The molecule has 1 aromatic carbocycles. The molecule has 1 amide bonds. The van der Waals surface area contributed by atoms with E-state index in [-0.39, 0.29) is 10.0 Å². The molecule has 0 saturated carbocycles. The van der Waals surface area contributed by atoms with Crippen LogP contribution in [0.3, 0.4) is 0 Å². The van der Waals surface area contributed by atoms with Gasteiger partial charge in [-0.3, -0.25) is 9.59 Å². The van der Waals surface area contributed by atoms with Gasteiger partial charge in [0.1, 0.15) is 11.9 Å². The molecule has 0 heterocycles. The van der Waals surface area contributed by atoms with Crippen molar-refractivity contribution in [2.45, 2.75) is 13.0 Å². The Bertz CT molecular complexity index is 436. The highest BCUT2D eigenvalue weighted by molar-refractivity contribution is 9.10. The summed E-state index contributed by atoms with van der Waals surface area (Å²) in [4.78, 5) is 22.1. The molecule has 0 fully saturated rings. The van der Waals surface area contributed by atoms with Gasteiger partial charge in [-0.25, -0.2) is 4.39 Å². The van der Waals surface area contributed by atoms with Gasteiger partial charge >= 0.3 is 5.97 Å². The highest BCUT2D eigenvalue weighted by Crippen LogP contribution is 2.20. The third-order valence-electron chi connectivity index (χ3n) is 1.91. The predicted molar refractivity (Wildman–Crippen MR) is 58.7 cm³/mol. The van der Waals surface area contributed by atoms with Crippen LogP contribution in [-0.4, -0.2) is 23.0 Å². The van der Waals surface area contributed by atoms with Gasteiger partial charge in [0, 0.05) is 0 Å². The van der Waals surface area contributed by atoms with Gasteiger partial charge in [-0.2, -0.15) is 0 Å². The molecule has 1 rings (SSSR count). The van der Waals surface area contributed by atoms with E-state index < -0.39 is 23.7 Å². The van der Waals surface area contributed by atoms with Crippen LogP contribution in [0.5, 0.6) is 0 Å². The number of aliphatic carboxylic acids is 1. The lowest BCUT2D eigenvalue weighted by Crippen LogP contribution is -2.38. The largest absolute Gasteiger partial charge is 0.480 e. The highest BCUT2D eigenvalue weighted by Gasteiger charge is 2.18. The van der Waals surface area contributed by atoms with E-state index in [1.165, 1.54) is 25.1 Å². The first kappa shape index (κ1) is 12.6. The molecule has 2 N–H and O–H groups in total. The van der Waals surface area contributed by atoms with Gasteiger partial charge in [0.05, 0.1) is 10.0 Å². The second kappa shape index (κ2) is 5.07. The molecule has 0 saturated heterocycles. The summed E-state index contributed by atoms with van der Waals surface area (Å²) >= 11 is 2.92. The number of carbonyl (C=O) groups is 2. The standard InChI is InChI=1S/C10H9BrFNO3/c1-5(10(15)16)13-9(14)6-3-2-4-7(12)8(6)11/h2-5H,1H3,(H,13,14)(H,15,16). The average molecular weight is 290 g/mol. The smallest absolute Gasteiger partial charge is 0.325 e. The zero-order valence-corrected chi connectivity index (χ0v) is 9.92. The summed E-state index contributed by atoms with van der Waals surface area (Å²) in [6.45, 7) is 1.33. The Morgan fingerprint density at radius 2 is 2.12 bits per heavy atom. The Morgan fingerprint density at radius 1 is 1.50 bits per heavy atom. The van der Waals surface area contributed by atoms with E-state index in [4.69, 9.17) is 5.11 Å². The fourth-order valence-corrected chi connectivity index (χ4v) is 1.46. The van der Waals surface area contributed by atoms with Crippen LogP contribution in [0.1, 0.15) is 17.3 Å². The zero-order chi connectivity index (χ0) is 12.3. The van der Waals surface area contributed by atoms with Crippen molar-refractivity contribution in [2.75, 3.05) is 0 Å². The third-order valence-corrected chi connectivity index (χ3v) is 2.72. The van der Waals surface area contributed by atoms with Crippen LogP contribution in [0.25, 0.3) is 0 Å². The number of benzene rings is 1. The molecular weight excluding hydrogens is 281 g/mol. The van der Waals surface area contributed by atoms with E-state index in [0.29, 0.717) is 0 Å². The number of hydrogen-bond donors (Lipinski definition) is 2. The Hall–Kier alpha value is -1.43. The van der Waals surface area contributed by atoms with Crippen LogP contribution in [0.2, 0.25) is 0 Å². The molecule has 0 bridgehead atoms. The molecule has 16 heavy (non-hydrogen) atoms. The van der Waals surface area contributed by atoms with E-state index >= 15 is 0 Å². The van der Waals surface area contributed by atoms with Gasteiger partial charge in [0.25, 0.3) is 5.91 Å². The summed E-state index contributed by atoms with van der Waals surface area (Å²) in [5.74, 6) is -2.36. The number of halogens is 2. The van der Waals surface area contributed by atoms with Crippen molar-refractivity contribution >= 4 is 27.8 Å². The van der Waals surface area contributed by atoms with Crippen LogP contribution in [0.15, 0.2) is 22.7 Å². The number of carboxylic acid groups (broad SMARTS) is 1. The Labute approximate surface area is 99.6 Å². The number of hydrogen-bond acceptors (Lipinski definition) is 2. The maximum atomic E-state index is 13.1. The minimum absolute atomic E-state index is 0.0186. The summed E-state index contributed by atoms with van der Waals surface area (Å²) < 4.78 is 13.1. The zero-order valence-electron chi connectivity index (χ0n) is 8.33. The number of rotatable bonds is 3. The van der Waals surface area contributed by atoms with Crippen LogP contribution in [-0.2, 0) is 4.79 Å². The van der Waals surface area contributed by atoms with Crippen molar-refractivity contribution in [3.63, 3.8) is 0 Å². The van der Waals surface area contributed by atoms with Crippen LogP contribution in [0.4, 0.5) is 4.39 Å². The second-order valence-electron chi connectivity index (χ2n) is 3.13. The molecule has 6 heteroatoms. The fraction of sp³-hybridized carbons (Fsp3) is 0.200. The van der Waals surface area contributed by atoms with E-state index in [1.807, 2.05) is 0 Å². The van der Waals surface area contributed by atoms with Crippen molar-refractivity contribution < 1.29 is 19.1 Å². The van der Waals surface area contributed by atoms with Crippen molar-refractivity contribution in [3.8, 4) is 0 Å². The third kappa shape index (κ3) is 2.79. The summed E-state index contributed by atoms with van der Waals surface area (Å²) in [5.41, 5.74) is 0.0631. The predicted octanol–water partition coefficient (Wildman–Crippen LogP) is 1.79. The van der Waals surface area contributed by atoms with Crippen molar-refractivity contribution in [1.29, 1.82) is 0 Å². The molecule has 0 aliphatic heterocycles. The number of amides is 1. The second-order valence-corrected chi connectivity index (χ2v) is 3.93. The number of carboxylic acids is 1. The summed E-state index contributed by atoms with van der Waals surface area (Å²) in [7, 11) is 0. The van der Waals surface area contributed by atoms with Gasteiger partial charge in [0.2, 0.25) is 0 Å². The highest BCUT2D eigenvalue weighted by atomic mass is 79.9. The quantitative estimate of drug-likeness (QED) is 0.892. The van der Waals surface area contributed by atoms with Crippen LogP contribution >= 0.6 is 15.9 Å². The number of carbonyl (C=O) groups excluding carboxylic acids is 1. The first-order valence-corrected chi connectivity index (χ1v) is 5.20. The summed E-state index contributed by atoms with van der Waals surface area (Å²) in [6, 6.07) is 2.95. The first-order valence-electron chi connectivity index (χ1n) is 4.41. The van der Waals surface area contributed by atoms with Crippen molar-refractivity contribution in [2.24, 2.45) is 0 Å². The minimum Gasteiger partial charge on any atom is -0.480 e. The lowest BCUT2D eigenvalue weighted by molar-refractivity contribution is -0.138. The average Bonchev–Trinajstić information content (AvgIpc) is 2.21. The lowest BCUT2D eigenvalue weighted by atomic mass is 10.2. The molecule has 4 nitrogen and oxygen atoms in total. The Morgan fingerprint density at radius 3 is 2.69 bits per heavy atom. The van der Waals surface area contributed by atoms with Crippen LogP contribution < -0.4 is 5.32 Å². The minimum atomic E-state index is -1.15. The van der Waals surface area contributed by atoms with E-state index in [0.717, 1.165) is 0 Å². The molecule has 0 aliphatic carbocycles. The summed E-state index contributed by atoms with van der Waals surface area (Å²) in [6.07, 6.45) is 0. The first-order chi connectivity index (χ1) is 7.43. The molecule has 86 valence electrons. The molecule has 0 spiro atoms. The molecule has 0 radical (unpaired) electrons. The van der Waals surface area contributed by atoms with Gasteiger partial charge in [0.15, 0.2) is 0 Å². The topological polar surface area (TPSA) is 66.4 Å². The van der Waals surface area contributed by atoms with E-state index in [1.54, 1.807) is 0 Å². The molecule has 1 atom stereocenters.